The smallest absolute Gasteiger partial charge is 0.220 e. The lowest BCUT2D eigenvalue weighted by molar-refractivity contribution is -0.122. The third-order valence-corrected chi connectivity index (χ3v) is 4.95. The van der Waals surface area contributed by atoms with Gasteiger partial charge >= 0.3 is 0 Å². The summed E-state index contributed by atoms with van der Waals surface area (Å²) in [4.78, 5) is 12.1. The Labute approximate surface area is 117 Å². The molecule has 3 nitrogen and oxygen atoms in total. The maximum Gasteiger partial charge on any atom is 0.220 e. The van der Waals surface area contributed by atoms with Crippen molar-refractivity contribution in [3.63, 3.8) is 0 Å². The number of nitrogens with one attached hydrogen (secondary N) is 2. The first-order valence-electron chi connectivity index (χ1n) is 8.29. The van der Waals surface area contributed by atoms with Crippen molar-refractivity contribution in [2.75, 3.05) is 13.1 Å². The standard InChI is InChI=1S/C16H30N2O/c1-2-15(14-6-4-3-5-7-14)18-16(19)9-8-13-10-11-17-12-13/h13-15,17H,2-12H2,1H3,(H,18,19). The van der Waals surface area contributed by atoms with Crippen molar-refractivity contribution in [2.45, 2.75) is 70.8 Å². The van der Waals surface area contributed by atoms with Crippen molar-refractivity contribution in [3.05, 3.63) is 0 Å². The Morgan fingerprint density at radius 1 is 1.26 bits per heavy atom. The second-order valence-electron chi connectivity index (χ2n) is 6.38. The van der Waals surface area contributed by atoms with Gasteiger partial charge in [0.25, 0.3) is 0 Å². The molecule has 3 heteroatoms. The highest BCUT2D eigenvalue weighted by atomic mass is 16.1. The zero-order valence-corrected chi connectivity index (χ0v) is 12.4. The van der Waals surface area contributed by atoms with E-state index in [1.165, 1.54) is 38.5 Å². The van der Waals surface area contributed by atoms with Gasteiger partial charge in [0, 0.05) is 12.5 Å². The van der Waals surface area contributed by atoms with Crippen LogP contribution in [-0.4, -0.2) is 25.0 Å². The summed E-state index contributed by atoms with van der Waals surface area (Å²) < 4.78 is 0. The summed E-state index contributed by atoms with van der Waals surface area (Å²) in [6.45, 7) is 4.44. The van der Waals surface area contributed by atoms with Crippen molar-refractivity contribution < 1.29 is 4.79 Å². The summed E-state index contributed by atoms with van der Waals surface area (Å²) in [7, 11) is 0. The fourth-order valence-electron chi connectivity index (χ4n) is 3.66. The van der Waals surface area contributed by atoms with Crippen LogP contribution >= 0.6 is 0 Å². The summed E-state index contributed by atoms with van der Waals surface area (Å²) >= 11 is 0. The van der Waals surface area contributed by atoms with Gasteiger partial charge in [-0.15, -0.1) is 0 Å². The summed E-state index contributed by atoms with van der Waals surface area (Å²) in [6, 6.07) is 0.425. The number of hydrogen-bond acceptors (Lipinski definition) is 2. The minimum absolute atomic E-state index is 0.282. The average Bonchev–Trinajstić information content (AvgIpc) is 2.97. The molecule has 1 saturated carbocycles. The molecule has 0 aromatic rings. The van der Waals surface area contributed by atoms with Crippen LogP contribution in [0.5, 0.6) is 0 Å². The number of amides is 1. The zero-order chi connectivity index (χ0) is 13.5. The van der Waals surface area contributed by atoms with E-state index in [-0.39, 0.29) is 5.91 Å². The molecule has 2 unspecified atom stereocenters. The molecule has 0 aromatic carbocycles. The van der Waals surface area contributed by atoms with Gasteiger partial charge in [-0.1, -0.05) is 26.2 Å². The molecule has 0 bridgehead atoms. The number of carbonyl (C=O) groups is 1. The van der Waals surface area contributed by atoms with Crippen LogP contribution in [0.3, 0.4) is 0 Å². The highest BCUT2D eigenvalue weighted by Gasteiger charge is 2.24. The highest BCUT2D eigenvalue weighted by molar-refractivity contribution is 5.76. The van der Waals surface area contributed by atoms with Crippen molar-refractivity contribution in [3.8, 4) is 0 Å². The first kappa shape index (κ1) is 14.8. The quantitative estimate of drug-likeness (QED) is 0.776. The second-order valence-corrected chi connectivity index (χ2v) is 6.38. The van der Waals surface area contributed by atoms with E-state index in [4.69, 9.17) is 0 Å². The van der Waals surface area contributed by atoms with Gasteiger partial charge in [0.2, 0.25) is 5.91 Å². The van der Waals surface area contributed by atoms with E-state index in [9.17, 15) is 4.79 Å². The lowest BCUT2D eigenvalue weighted by atomic mass is 9.83. The third kappa shape index (κ3) is 4.79. The predicted octanol–water partition coefficient (Wildman–Crippen LogP) is 2.85. The van der Waals surface area contributed by atoms with Gasteiger partial charge in [-0.05, 0) is 57.0 Å². The fraction of sp³-hybridized carbons (Fsp3) is 0.938. The Kier molecular flexibility index (Phi) is 6.15. The molecule has 19 heavy (non-hydrogen) atoms. The lowest BCUT2D eigenvalue weighted by Gasteiger charge is -2.30. The first-order chi connectivity index (χ1) is 9.29. The van der Waals surface area contributed by atoms with Gasteiger partial charge in [0.05, 0.1) is 0 Å². The molecule has 2 fully saturated rings. The van der Waals surface area contributed by atoms with Crippen molar-refractivity contribution in [1.82, 2.24) is 10.6 Å². The van der Waals surface area contributed by atoms with Crippen LogP contribution in [0, 0.1) is 11.8 Å². The maximum absolute atomic E-state index is 12.1. The van der Waals surface area contributed by atoms with E-state index in [0.717, 1.165) is 44.2 Å². The number of hydrogen-bond donors (Lipinski definition) is 2. The van der Waals surface area contributed by atoms with Gasteiger partial charge < -0.3 is 10.6 Å². The molecule has 1 amide bonds. The normalized spacial score (nSPS) is 26.3. The lowest BCUT2D eigenvalue weighted by Crippen LogP contribution is -2.40. The molecule has 1 saturated heterocycles. The van der Waals surface area contributed by atoms with E-state index in [0.29, 0.717) is 6.04 Å². The van der Waals surface area contributed by atoms with Gasteiger partial charge in [-0.25, -0.2) is 0 Å². The summed E-state index contributed by atoms with van der Waals surface area (Å²) in [5, 5.41) is 6.67. The molecule has 2 rings (SSSR count). The largest absolute Gasteiger partial charge is 0.353 e. The van der Waals surface area contributed by atoms with Gasteiger partial charge in [-0.2, -0.15) is 0 Å². The SMILES string of the molecule is CCC(NC(=O)CCC1CCNC1)C1CCCCC1. The fourth-order valence-corrected chi connectivity index (χ4v) is 3.66. The molecule has 0 spiro atoms. The van der Waals surface area contributed by atoms with Crippen LogP contribution in [0.2, 0.25) is 0 Å². The molecular weight excluding hydrogens is 236 g/mol. The predicted molar refractivity (Wildman–Crippen MR) is 79.0 cm³/mol. The molecule has 1 heterocycles. The van der Waals surface area contributed by atoms with E-state index in [1.54, 1.807) is 0 Å². The Hall–Kier alpha value is -0.570. The van der Waals surface area contributed by atoms with E-state index >= 15 is 0 Å². The minimum atomic E-state index is 0.282. The Bertz CT molecular complexity index is 268. The van der Waals surface area contributed by atoms with Gasteiger partial charge in [0.1, 0.15) is 0 Å². The number of carbonyl (C=O) groups excluding carboxylic acids is 1. The average molecular weight is 266 g/mol. The third-order valence-electron chi connectivity index (χ3n) is 4.95. The molecule has 110 valence electrons. The molecule has 0 radical (unpaired) electrons. The molecule has 1 aliphatic carbocycles. The molecule has 2 aliphatic rings. The molecule has 2 atom stereocenters. The number of rotatable bonds is 6. The molecule has 1 aliphatic heterocycles. The molecule has 2 N–H and O–H groups in total. The maximum atomic E-state index is 12.1. The minimum Gasteiger partial charge on any atom is -0.353 e. The van der Waals surface area contributed by atoms with Crippen molar-refractivity contribution >= 4 is 5.91 Å². The van der Waals surface area contributed by atoms with Crippen LogP contribution in [-0.2, 0) is 4.79 Å². The van der Waals surface area contributed by atoms with Crippen LogP contribution in [0.4, 0.5) is 0 Å². The zero-order valence-electron chi connectivity index (χ0n) is 12.4. The molecule has 0 aromatic heterocycles. The Morgan fingerprint density at radius 3 is 2.68 bits per heavy atom. The van der Waals surface area contributed by atoms with Gasteiger partial charge in [0.15, 0.2) is 0 Å². The topological polar surface area (TPSA) is 41.1 Å². The summed E-state index contributed by atoms with van der Waals surface area (Å²) in [5.41, 5.74) is 0. The van der Waals surface area contributed by atoms with Crippen molar-refractivity contribution in [2.24, 2.45) is 11.8 Å². The molecular formula is C16H30N2O. The van der Waals surface area contributed by atoms with Crippen LogP contribution in [0.15, 0.2) is 0 Å². The van der Waals surface area contributed by atoms with Crippen LogP contribution in [0.1, 0.15) is 64.7 Å². The monoisotopic (exact) mass is 266 g/mol. The second kappa shape index (κ2) is 7.88. The van der Waals surface area contributed by atoms with E-state index in [1.807, 2.05) is 0 Å². The van der Waals surface area contributed by atoms with E-state index in [2.05, 4.69) is 17.6 Å². The van der Waals surface area contributed by atoms with Crippen molar-refractivity contribution in [1.29, 1.82) is 0 Å². The summed E-state index contributed by atoms with van der Waals surface area (Å²) in [6.07, 6.45) is 10.8. The summed E-state index contributed by atoms with van der Waals surface area (Å²) in [5.74, 6) is 1.74. The first-order valence-corrected chi connectivity index (χ1v) is 8.29. The Morgan fingerprint density at radius 2 is 2.05 bits per heavy atom. The van der Waals surface area contributed by atoms with Crippen LogP contribution < -0.4 is 10.6 Å². The van der Waals surface area contributed by atoms with Gasteiger partial charge in [-0.3, -0.25) is 4.79 Å². The highest BCUT2D eigenvalue weighted by Crippen LogP contribution is 2.27. The Balaban J connectivity index is 1.69. The van der Waals surface area contributed by atoms with Crippen LogP contribution in [0.25, 0.3) is 0 Å². The van der Waals surface area contributed by atoms with E-state index < -0.39 is 0 Å².